The predicted octanol–water partition coefficient (Wildman–Crippen LogP) is 1.11. The van der Waals surface area contributed by atoms with Crippen molar-refractivity contribution >= 4 is 23.5 Å². The Balaban J connectivity index is 1.60. The van der Waals surface area contributed by atoms with Gasteiger partial charge in [0.25, 0.3) is 0 Å². The number of hydrogen-bond donors (Lipinski definition) is 1. The number of rotatable bonds is 4. The highest BCUT2D eigenvalue weighted by atomic mass is 16.5. The second kappa shape index (κ2) is 6.40. The summed E-state index contributed by atoms with van der Waals surface area (Å²) in [4.78, 5) is 38.0. The van der Waals surface area contributed by atoms with Gasteiger partial charge in [-0.1, -0.05) is 18.2 Å². The number of nitrogens with zero attached hydrogens (tertiary/aromatic N) is 1. The van der Waals surface area contributed by atoms with Crippen LogP contribution in [0.4, 0.5) is 5.69 Å². The van der Waals surface area contributed by atoms with Crippen LogP contribution in [0.5, 0.6) is 0 Å². The molecule has 0 radical (unpaired) electrons. The molecule has 2 aliphatic rings. The zero-order valence-corrected chi connectivity index (χ0v) is 13.0. The molecule has 0 aromatic heterocycles. The first kappa shape index (κ1) is 15.5. The van der Waals surface area contributed by atoms with Crippen molar-refractivity contribution in [2.45, 2.75) is 25.3 Å². The maximum absolute atomic E-state index is 12.5. The number of carbonyl (C=O) groups excluding carboxylic acids is 3. The number of nitrogens with one attached hydrogen (secondary N) is 1. The Morgan fingerprint density at radius 3 is 2.43 bits per heavy atom. The van der Waals surface area contributed by atoms with Crippen LogP contribution in [0.15, 0.2) is 30.3 Å². The second-order valence-electron chi connectivity index (χ2n) is 5.99. The van der Waals surface area contributed by atoms with E-state index in [0.717, 1.165) is 5.69 Å². The number of hydrogen-bond acceptors (Lipinski definition) is 4. The number of anilines is 1. The van der Waals surface area contributed by atoms with E-state index in [2.05, 4.69) is 5.32 Å². The van der Waals surface area contributed by atoms with Gasteiger partial charge >= 0.3 is 5.97 Å². The van der Waals surface area contributed by atoms with Gasteiger partial charge < -0.3 is 15.0 Å². The van der Waals surface area contributed by atoms with E-state index in [1.54, 1.807) is 4.90 Å². The van der Waals surface area contributed by atoms with E-state index in [0.29, 0.717) is 25.8 Å². The maximum atomic E-state index is 12.5. The maximum Gasteiger partial charge on any atom is 0.309 e. The Kier molecular flexibility index (Phi) is 4.32. The van der Waals surface area contributed by atoms with Crippen molar-refractivity contribution in [2.75, 3.05) is 18.6 Å². The van der Waals surface area contributed by atoms with Crippen LogP contribution in [0.25, 0.3) is 0 Å². The lowest BCUT2D eigenvalue weighted by molar-refractivity contribution is -0.156. The molecule has 1 aliphatic heterocycles. The quantitative estimate of drug-likeness (QED) is 0.844. The van der Waals surface area contributed by atoms with E-state index in [-0.39, 0.29) is 29.6 Å². The first-order chi connectivity index (χ1) is 11.1. The molecule has 3 atom stereocenters. The summed E-state index contributed by atoms with van der Waals surface area (Å²) in [6.07, 6.45) is 1.91. The van der Waals surface area contributed by atoms with Crippen molar-refractivity contribution in [3.63, 3.8) is 0 Å². The highest BCUT2D eigenvalue weighted by molar-refractivity contribution is 6.01. The minimum absolute atomic E-state index is 0.0986. The molecule has 1 N–H and O–H groups in total. The molecular weight excluding hydrogens is 296 g/mol. The molecular formula is C17H20N2O4. The normalized spacial score (nSPS) is 26.6. The van der Waals surface area contributed by atoms with Crippen LogP contribution in [-0.2, 0) is 19.1 Å². The molecule has 1 aromatic carbocycles. The van der Waals surface area contributed by atoms with E-state index in [1.807, 2.05) is 30.3 Å². The lowest BCUT2D eigenvalue weighted by atomic mass is 9.73. The first-order valence-electron chi connectivity index (χ1n) is 7.86. The van der Waals surface area contributed by atoms with E-state index in [9.17, 15) is 14.4 Å². The molecule has 6 nitrogen and oxygen atoms in total. The lowest BCUT2D eigenvalue weighted by Gasteiger charge is -2.33. The van der Waals surface area contributed by atoms with Gasteiger partial charge in [-0.2, -0.15) is 0 Å². The van der Waals surface area contributed by atoms with Gasteiger partial charge in [-0.15, -0.1) is 0 Å². The van der Waals surface area contributed by atoms with Crippen LogP contribution in [0, 0.1) is 11.8 Å². The van der Waals surface area contributed by atoms with Gasteiger partial charge in [-0.05, 0) is 31.4 Å². The largest absolute Gasteiger partial charge is 0.469 e. The zero-order chi connectivity index (χ0) is 16.4. The minimum Gasteiger partial charge on any atom is -0.469 e. The fourth-order valence-electron chi connectivity index (χ4n) is 3.20. The fraction of sp³-hybridized carbons (Fsp3) is 0.471. The van der Waals surface area contributed by atoms with Crippen LogP contribution in [-0.4, -0.2) is 37.5 Å². The van der Waals surface area contributed by atoms with Crippen LogP contribution in [0.2, 0.25) is 0 Å². The standard InChI is InChI=1S/C17H20N2O4/c1-23-17(22)13-8-7-12(13)15(20)18-14-9-10-19(16(14)21)11-5-3-2-4-6-11/h2-6,12-14H,7-10H2,1H3,(H,18,20)/t12-,13+,14+/m0/s1. The molecule has 1 aromatic rings. The van der Waals surface area contributed by atoms with Crippen LogP contribution >= 0.6 is 0 Å². The van der Waals surface area contributed by atoms with Gasteiger partial charge in [-0.3, -0.25) is 14.4 Å². The SMILES string of the molecule is COC(=O)[C@@H]1CC[C@@H]1C(=O)N[C@@H]1CCN(c2ccccc2)C1=O. The third-order valence-corrected chi connectivity index (χ3v) is 4.70. The van der Waals surface area contributed by atoms with Crippen molar-refractivity contribution < 1.29 is 19.1 Å². The smallest absolute Gasteiger partial charge is 0.309 e. The highest BCUT2D eigenvalue weighted by Gasteiger charge is 2.44. The summed E-state index contributed by atoms with van der Waals surface area (Å²) in [5.41, 5.74) is 0.838. The zero-order valence-electron chi connectivity index (χ0n) is 13.0. The summed E-state index contributed by atoms with van der Waals surface area (Å²) in [5.74, 6) is -1.42. The number of para-hydroxylation sites is 1. The van der Waals surface area contributed by atoms with Crippen molar-refractivity contribution in [3.05, 3.63) is 30.3 Å². The molecule has 0 bridgehead atoms. The van der Waals surface area contributed by atoms with E-state index in [1.165, 1.54) is 7.11 Å². The molecule has 6 heteroatoms. The Morgan fingerprint density at radius 1 is 1.13 bits per heavy atom. The first-order valence-corrected chi connectivity index (χ1v) is 7.86. The molecule has 122 valence electrons. The van der Waals surface area contributed by atoms with E-state index < -0.39 is 6.04 Å². The number of esters is 1. The van der Waals surface area contributed by atoms with Gasteiger partial charge in [0.1, 0.15) is 6.04 Å². The molecule has 0 spiro atoms. The van der Waals surface area contributed by atoms with Gasteiger partial charge in [0.05, 0.1) is 18.9 Å². The number of benzene rings is 1. The topological polar surface area (TPSA) is 75.7 Å². The molecule has 2 amide bonds. The van der Waals surface area contributed by atoms with Crippen molar-refractivity contribution in [2.24, 2.45) is 11.8 Å². The van der Waals surface area contributed by atoms with Crippen LogP contribution in [0.1, 0.15) is 19.3 Å². The summed E-state index contributed by atoms with van der Waals surface area (Å²) in [6.45, 7) is 0.582. The summed E-state index contributed by atoms with van der Waals surface area (Å²) < 4.78 is 4.71. The predicted molar refractivity (Wildman–Crippen MR) is 83.6 cm³/mol. The molecule has 1 saturated heterocycles. The summed E-state index contributed by atoms with van der Waals surface area (Å²) >= 11 is 0. The molecule has 2 fully saturated rings. The average Bonchev–Trinajstić information content (AvgIpc) is 2.88. The van der Waals surface area contributed by atoms with Gasteiger partial charge in [0, 0.05) is 12.2 Å². The van der Waals surface area contributed by atoms with E-state index in [4.69, 9.17) is 4.74 Å². The molecule has 0 unspecified atom stereocenters. The summed E-state index contributed by atoms with van der Waals surface area (Å²) in [5, 5.41) is 2.80. The van der Waals surface area contributed by atoms with Gasteiger partial charge in [0.2, 0.25) is 11.8 Å². The molecule has 1 heterocycles. The number of ether oxygens (including phenoxy) is 1. The summed E-state index contributed by atoms with van der Waals surface area (Å²) in [7, 11) is 1.33. The molecule has 1 saturated carbocycles. The molecule has 3 rings (SSSR count). The van der Waals surface area contributed by atoms with Crippen molar-refractivity contribution in [1.82, 2.24) is 5.32 Å². The Bertz CT molecular complexity index is 616. The van der Waals surface area contributed by atoms with Crippen molar-refractivity contribution in [1.29, 1.82) is 0 Å². The Hall–Kier alpha value is -2.37. The van der Waals surface area contributed by atoms with Gasteiger partial charge in [0.15, 0.2) is 0 Å². The summed E-state index contributed by atoms with van der Waals surface area (Å²) in [6, 6.07) is 8.89. The minimum atomic E-state index is -0.512. The number of amides is 2. The Labute approximate surface area is 134 Å². The third kappa shape index (κ3) is 2.93. The van der Waals surface area contributed by atoms with E-state index >= 15 is 0 Å². The lowest BCUT2D eigenvalue weighted by Crippen LogP contribution is -2.49. The molecule has 23 heavy (non-hydrogen) atoms. The Morgan fingerprint density at radius 2 is 1.83 bits per heavy atom. The highest BCUT2D eigenvalue weighted by Crippen LogP contribution is 2.35. The monoisotopic (exact) mass is 316 g/mol. The third-order valence-electron chi connectivity index (χ3n) is 4.70. The van der Waals surface area contributed by atoms with Crippen LogP contribution < -0.4 is 10.2 Å². The molecule has 1 aliphatic carbocycles. The van der Waals surface area contributed by atoms with Crippen LogP contribution in [0.3, 0.4) is 0 Å². The number of carbonyl (C=O) groups is 3. The average molecular weight is 316 g/mol. The second-order valence-corrected chi connectivity index (χ2v) is 5.99. The van der Waals surface area contributed by atoms with Gasteiger partial charge in [-0.25, -0.2) is 0 Å². The number of methoxy groups -OCH3 is 1. The van der Waals surface area contributed by atoms with Crippen molar-refractivity contribution in [3.8, 4) is 0 Å². The fourth-order valence-corrected chi connectivity index (χ4v) is 3.20.